The molecule has 1 atom stereocenters. The van der Waals surface area contributed by atoms with Gasteiger partial charge in [0, 0.05) is 23.4 Å². The molecule has 0 saturated heterocycles. The number of allylic oxidation sites excluding steroid dienone is 3. The van der Waals surface area contributed by atoms with E-state index in [1.54, 1.807) is 43.5 Å². The third-order valence-corrected chi connectivity index (χ3v) is 6.94. The van der Waals surface area contributed by atoms with Gasteiger partial charge in [-0.2, -0.15) is 5.26 Å². The van der Waals surface area contributed by atoms with Gasteiger partial charge >= 0.3 is 0 Å². The molecule has 0 bridgehead atoms. The number of methoxy groups -OCH3 is 2. The second kappa shape index (κ2) is 10.6. The average Bonchev–Trinajstić information content (AvgIpc) is 2.87. The van der Waals surface area contributed by atoms with Crippen LogP contribution >= 0.6 is 11.8 Å². The Bertz CT molecular complexity index is 1260. The number of thioether (sulfide) groups is 1. The van der Waals surface area contributed by atoms with Gasteiger partial charge in [-0.15, -0.1) is 0 Å². The number of phenols is 1. The average molecular weight is 492 g/mol. The first-order valence-electron chi connectivity index (χ1n) is 11.1. The molecule has 0 saturated carbocycles. The number of phenolic OH excluding ortho intramolecular Hbond substituents is 1. The zero-order valence-corrected chi connectivity index (χ0v) is 20.2. The van der Waals surface area contributed by atoms with Crippen molar-refractivity contribution in [1.29, 1.82) is 5.26 Å². The van der Waals surface area contributed by atoms with Crippen molar-refractivity contribution in [2.45, 2.75) is 25.2 Å². The SMILES string of the molecule is COc1ccc(NC(=O)CSC2=C(C#N)[C@H](c3ccc(O)c(OC)c3)C3=C(CCCC3=O)N2)cc1. The summed E-state index contributed by atoms with van der Waals surface area (Å²) in [6, 6.07) is 14.1. The minimum absolute atomic E-state index is 0.00941. The van der Waals surface area contributed by atoms with Crippen molar-refractivity contribution in [3.63, 3.8) is 0 Å². The van der Waals surface area contributed by atoms with Crippen LogP contribution in [0.25, 0.3) is 0 Å². The van der Waals surface area contributed by atoms with Gasteiger partial charge in [-0.1, -0.05) is 17.8 Å². The van der Waals surface area contributed by atoms with Gasteiger partial charge in [0.05, 0.1) is 42.6 Å². The Labute approximate surface area is 207 Å². The number of ketones is 1. The Balaban J connectivity index is 1.61. The molecule has 180 valence electrons. The lowest BCUT2D eigenvalue weighted by Gasteiger charge is -2.33. The maximum absolute atomic E-state index is 12.9. The van der Waals surface area contributed by atoms with E-state index in [0.717, 1.165) is 5.70 Å². The predicted molar refractivity (Wildman–Crippen MR) is 133 cm³/mol. The summed E-state index contributed by atoms with van der Waals surface area (Å²) in [5, 5.41) is 26.8. The molecule has 8 nitrogen and oxygen atoms in total. The van der Waals surface area contributed by atoms with Crippen LogP contribution in [0.3, 0.4) is 0 Å². The van der Waals surface area contributed by atoms with Gasteiger partial charge in [0.15, 0.2) is 17.3 Å². The van der Waals surface area contributed by atoms with Crippen LogP contribution in [0.5, 0.6) is 17.2 Å². The monoisotopic (exact) mass is 491 g/mol. The van der Waals surface area contributed by atoms with Gasteiger partial charge in [-0.25, -0.2) is 0 Å². The Morgan fingerprint density at radius 3 is 2.66 bits per heavy atom. The zero-order valence-electron chi connectivity index (χ0n) is 19.4. The van der Waals surface area contributed by atoms with Crippen molar-refractivity contribution >= 4 is 29.1 Å². The zero-order chi connectivity index (χ0) is 24.9. The number of ether oxygens (including phenoxy) is 2. The normalized spacial score (nSPS) is 17.3. The van der Waals surface area contributed by atoms with E-state index < -0.39 is 5.92 Å². The highest BCUT2D eigenvalue weighted by Crippen LogP contribution is 2.45. The van der Waals surface area contributed by atoms with Gasteiger partial charge in [0.1, 0.15) is 5.75 Å². The van der Waals surface area contributed by atoms with E-state index in [1.807, 2.05) is 0 Å². The number of nitriles is 1. The lowest BCUT2D eigenvalue weighted by atomic mass is 9.77. The number of carbonyl (C=O) groups excluding carboxylic acids is 2. The van der Waals surface area contributed by atoms with Crippen molar-refractivity contribution in [3.05, 3.63) is 69.9 Å². The highest BCUT2D eigenvalue weighted by Gasteiger charge is 2.37. The Morgan fingerprint density at radius 2 is 1.97 bits per heavy atom. The first-order chi connectivity index (χ1) is 16.9. The number of benzene rings is 2. The van der Waals surface area contributed by atoms with E-state index in [4.69, 9.17) is 9.47 Å². The van der Waals surface area contributed by atoms with Crippen LogP contribution in [-0.2, 0) is 9.59 Å². The van der Waals surface area contributed by atoms with E-state index in [-0.39, 0.29) is 28.9 Å². The fourth-order valence-corrected chi connectivity index (χ4v) is 5.12. The maximum atomic E-state index is 12.9. The summed E-state index contributed by atoms with van der Waals surface area (Å²) >= 11 is 1.22. The Morgan fingerprint density at radius 1 is 1.20 bits per heavy atom. The van der Waals surface area contributed by atoms with Crippen LogP contribution in [0, 0.1) is 11.3 Å². The van der Waals surface area contributed by atoms with E-state index in [1.165, 1.54) is 24.9 Å². The van der Waals surface area contributed by atoms with Gasteiger partial charge in [-0.3, -0.25) is 9.59 Å². The minimum Gasteiger partial charge on any atom is -0.504 e. The number of amides is 1. The van der Waals surface area contributed by atoms with Crippen LogP contribution in [-0.4, -0.2) is 36.8 Å². The van der Waals surface area contributed by atoms with Crippen molar-refractivity contribution in [1.82, 2.24) is 5.32 Å². The molecular weight excluding hydrogens is 466 g/mol. The minimum atomic E-state index is -0.606. The fourth-order valence-electron chi connectivity index (χ4n) is 4.25. The predicted octanol–water partition coefficient (Wildman–Crippen LogP) is 4.21. The van der Waals surface area contributed by atoms with E-state index >= 15 is 0 Å². The number of dihydropyridines is 1. The summed E-state index contributed by atoms with van der Waals surface area (Å²) in [4.78, 5) is 25.5. The van der Waals surface area contributed by atoms with Crippen LogP contribution in [0.15, 0.2) is 64.3 Å². The number of nitrogens with zero attached hydrogens (tertiary/aromatic N) is 1. The first-order valence-corrected chi connectivity index (χ1v) is 12.0. The second-order valence-electron chi connectivity index (χ2n) is 8.08. The number of nitrogens with one attached hydrogen (secondary N) is 2. The van der Waals surface area contributed by atoms with E-state index in [0.29, 0.717) is 52.4 Å². The molecule has 0 radical (unpaired) electrons. The maximum Gasteiger partial charge on any atom is 0.234 e. The molecule has 4 rings (SSSR count). The molecule has 2 aromatic rings. The summed E-state index contributed by atoms with van der Waals surface area (Å²) in [6.45, 7) is 0. The lowest BCUT2D eigenvalue weighted by Crippen LogP contribution is -2.31. The largest absolute Gasteiger partial charge is 0.504 e. The summed E-state index contributed by atoms with van der Waals surface area (Å²) in [5.74, 6) is 0.153. The number of hydrogen-bond acceptors (Lipinski definition) is 8. The van der Waals surface area contributed by atoms with Crippen LogP contribution in [0.1, 0.15) is 30.7 Å². The van der Waals surface area contributed by atoms with Crippen molar-refractivity contribution in [3.8, 4) is 23.3 Å². The first kappa shape index (κ1) is 24.2. The molecular formula is C26H25N3O5S. The standard InChI is InChI=1S/C26H25N3O5S/c1-33-17-9-7-16(8-10-17)28-23(32)14-35-26-18(13-27)24(15-6-11-20(30)22(12-15)34-2)25-19(29-26)4-3-5-21(25)31/h6-12,24,29-30H,3-5,14H2,1-2H3,(H,28,32)/t24-/m0/s1. The molecule has 0 fully saturated rings. The molecule has 2 aliphatic rings. The molecule has 2 aromatic carbocycles. The van der Waals surface area contributed by atoms with Crippen LogP contribution < -0.4 is 20.1 Å². The van der Waals surface area contributed by atoms with Crippen LogP contribution in [0.4, 0.5) is 5.69 Å². The summed E-state index contributed by atoms with van der Waals surface area (Å²) in [6.07, 6.45) is 1.80. The summed E-state index contributed by atoms with van der Waals surface area (Å²) < 4.78 is 10.4. The molecule has 0 spiro atoms. The van der Waals surface area contributed by atoms with Gasteiger partial charge in [0.25, 0.3) is 0 Å². The van der Waals surface area contributed by atoms with Crippen molar-refractivity contribution in [2.24, 2.45) is 0 Å². The van der Waals surface area contributed by atoms with E-state index in [9.17, 15) is 20.0 Å². The summed E-state index contributed by atoms with van der Waals surface area (Å²) in [7, 11) is 3.02. The molecule has 1 heterocycles. The summed E-state index contributed by atoms with van der Waals surface area (Å²) in [5.41, 5.74) is 3.00. The quantitative estimate of drug-likeness (QED) is 0.527. The number of rotatable bonds is 7. The number of carbonyl (C=O) groups is 2. The number of hydrogen-bond donors (Lipinski definition) is 3. The number of aromatic hydroxyl groups is 1. The highest BCUT2D eigenvalue weighted by atomic mass is 32.2. The van der Waals surface area contributed by atoms with E-state index in [2.05, 4.69) is 16.7 Å². The number of anilines is 1. The Kier molecular flexibility index (Phi) is 7.32. The number of Topliss-reactive ketones (excluding diaryl/α,β-unsaturated/α-hetero) is 1. The third kappa shape index (κ3) is 5.12. The van der Waals surface area contributed by atoms with Crippen molar-refractivity contribution < 1.29 is 24.2 Å². The smallest absolute Gasteiger partial charge is 0.234 e. The highest BCUT2D eigenvalue weighted by molar-refractivity contribution is 8.03. The molecule has 1 aliphatic heterocycles. The lowest BCUT2D eigenvalue weighted by molar-refractivity contribution is -0.116. The topological polar surface area (TPSA) is 121 Å². The Hall–Kier alpha value is -3.90. The van der Waals surface area contributed by atoms with Crippen molar-refractivity contribution in [2.75, 3.05) is 25.3 Å². The van der Waals surface area contributed by atoms with Gasteiger partial charge in [-0.05, 0) is 54.8 Å². The second-order valence-corrected chi connectivity index (χ2v) is 9.06. The molecule has 9 heteroatoms. The molecule has 0 aromatic heterocycles. The van der Waals surface area contributed by atoms with Gasteiger partial charge < -0.3 is 25.2 Å². The molecule has 0 unspecified atom stereocenters. The van der Waals surface area contributed by atoms with Gasteiger partial charge in [0.2, 0.25) is 5.91 Å². The molecule has 35 heavy (non-hydrogen) atoms. The third-order valence-electron chi connectivity index (χ3n) is 5.92. The molecule has 1 amide bonds. The van der Waals surface area contributed by atoms with Crippen LogP contribution in [0.2, 0.25) is 0 Å². The molecule has 3 N–H and O–H groups in total. The molecule has 1 aliphatic carbocycles. The fraction of sp³-hybridized carbons (Fsp3) is 0.269.